The van der Waals surface area contributed by atoms with E-state index in [1.54, 1.807) is 26.8 Å². The lowest BCUT2D eigenvalue weighted by Crippen LogP contribution is -2.39. The fraction of sp³-hybridized carbons (Fsp3) is 0.423. The van der Waals surface area contributed by atoms with E-state index in [4.69, 9.17) is 10.5 Å². The molecule has 0 spiro atoms. The number of ether oxygens (including phenoxy) is 1. The average molecular weight is 571 g/mol. The smallest absolute Gasteiger partial charge is 0.417 e. The minimum atomic E-state index is -4.72. The normalized spacial score (nSPS) is 15.7. The summed E-state index contributed by atoms with van der Waals surface area (Å²) < 4.78 is 87.3. The molecule has 40 heavy (non-hydrogen) atoms. The SMILES string of the molecule is C[C@@H](Nc1cc(C(F)(F)F)cn2nc(C3=CCN(C(=O)OC(C)(C)C)CC3)nc12)c1cc(N)cc(C(F)(F)F)c1. The van der Waals surface area contributed by atoms with Crippen LogP contribution in [0.15, 0.2) is 36.5 Å². The fourth-order valence-corrected chi connectivity index (χ4v) is 4.15. The number of benzene rings is 1. The van der Waals surface area contributed by atoms with Crippen LogP contribution in [0.2, 0.25) is 0 Å². The second-order valence-corrected chi connectivity index (χ2v) is 10.5. The second-order valence-electron chi connectivity index (χ2n) is 10.5. The molecule has 1 aromatic carbocycles. The first kappa shape index (κ1) is 29.0. The molecule has 3 N–H and O–H groups in total. The van der Waals surface area contributed by atoms with E-state index < -0.39 is 41.2 Å². The molecular weight excluding hydrogens is 542 g/mol. The van der Waals surface area contributed by atoms with Crippen molar-refractivity contribution in [1.82, 2.24) is 19.5 Å². The molecule has 1 amide bonds. The Morgan fingerprint density at radius 1 is 1.05 bits per heavy atom. The third-order valence-corrected chi connectivity index (χ3v) is 6.09. The van der Waals surface area contributed by atoms with Crippen LogP contribution in [0.5, 0.6) is 0 Å². The summed E-state index contributed by atoms with van der Waals surface area (Å²) in [6.07, 6.45) is -7.03. The van der Waals surface area contributed by atoms with Crippen molar-refractivity contribution in [3.63, 3.8) is 0 Å². The van der Waals surface area contributed by atoms with E-state index >= 15 is 0 Å². The standard InChI is InChI=1S/C26H28F6N6O2/c1-14(16-9-17(25(27,28)29)11-19(33)10-16)34-20-12-18(26(30,31)32)13-38-22(20)35-21(36-38)15-5-7-37(8-6-15)23(39)40-24(2,3)4/h5,9-14,34H,6-8,33H2,1-4H3/t14-/m1/s1. The van der Waals surface area contributed by atoms with Gasteiger partial charge in [0, 0.05) is 31.0 Å². The molecule has 0 saturated heterocycles. The van der Waals surface area contributed by atoms with Gasteiger partial charge in [0.2, 0.25) is 0 Å². The lowest BCUT2D eigenvalue weighted by Gasteiger charge is -2.29. The van der Waals surface area contributed by atoms with Crippen LogP contribution in [-0.4, -0.2) is 44.3 Å². The van der Waals surface area contributed by atoms with E-state index in [1.807, 2.05) is 0 Å². The van der Waals surface area contributed by atoms with Gasteiger partial charge in [0.25, 0.3) is 0 Å². The highest BCUT2D eigenvalue weighted by Gasteiger charge is 2.34. The van der Waals surface area contributed by atoms with Gasteiger partial charge in [-0.15, -0.1) is 5.10 Å². The number of carbonyl (C=O) groups excluding carboxylic acids is 1. The Bertz CT molecular complexity index is 1450. The van der Waals surface area contributed by atoms with Crippen molar-refractivity contribution in [1.29, 1.82) is 0 Å². The Morgan fingerprint density at radius 2 is 1.73 bits per heavy atom. The summed E-state index contributed by atoms with van der Waals surface area (Å²) in [4.78, 5) is 18.3. The zero-order chi connectivity index (χ0) is 29.6. The molecule has 0 saturated carbocycles. The molecule has 2 aromatic heterocycles. The quantitative estimate of drug-likeness (QED) is 0.273. The number of fused-ring (bicyclic) bond motifs is 1. The van der Waals surface area contributed by atoms with Crippen LogP contribution >= 0.6 is 0 Å². The van der Waals surface area contributed by atoms with Gasteiger partial charge in [-0.3, -0.25) is 0 Å². The van der Waals surface area contributed by atoms with Crippen LogP contribution in [0.4, 0.5) is 42.5 Å². The second kappa shape index (κ2) is 10.2. The first-order valence-electron chi connectivity index (χ1n) is 12.3. The van der Waals surface area contributed by atoms with Crippen LogP contribution < -0.4 is 11.1 Å². The van der Waals surface area contributed by atoms with Crippen LogP contribution in [0.25, 0.3) is 11.2 Å². The minimum Gasteiger partial charge on any atom is -0.444 e. The number of amides is 1. The molecule has 4 rings (SSSR count). The number of rotatable bonds is 4. The molecule has 0 aliphatic carbocycles. The maximum Gasteiger partial charge on any atom is 0.417 e. The van der Waals surface area contributed by atoms with Crippen molar-refractivity contribution < 1.29 is 35.9 Å². The molecule has 0 unspecified atom stereocenters. The Morgan fingerprint density at radius 3 is 2.30 bits per heavy atom. The van der Waals surface area contributed by atoms with Gasteiger partial charge in [0.15, 0.2) is 11.5 Å². The predicted octanol–water partition coefficient (Wildman–Crippen LogP) is 6.55. The third-order valence-electron chi connectivity index (χ3n) is 6.09. The number of hydrogen-bond donors (Lipinski definition) is 2. The van der Waals surface area contributed by atoms with Crippen molar-refractivity contribution in [3.8, 4) is 0 Å². The molecule has 216 valence electrons. The van der Waals surface area contributed by atoms with Crippen molar-refractivity contribution in [2.24, 2.45) is 0 Å². The van der Waals surface area contributed by atoms with Crippen LogP contribution in [0, 0.1) is 0 Å². The van der Waals surface area contributed by atoms with Gasteiger partial charge in [0.1, 0.15) is 5.60 Å². The van der Waals surface area contributed by atoms with Crippen molar-refractivity contribution >= 4 is 28.7 Å². The largest absolute Gasteiger partial charge is 0.444 e. The van der Waals surface area contributed by atoms with Crippen molar-refractivity contribution in [3.05, 3.63) is 59.1 Å². The molecule has 0 radical (unpaired) electrons. The predicted molar refractivity (Wildman–Crippen MR) is 136 cm³/mol. The zero-order valence-corrected chi connectivity index (χ0v) is 22.1. The van der Waals surface area contributed by atoms with Crippen LogP contribution in [0.3, 0.4) is 0 Å². The summed E-state index contributed by atoms with van der Waals surface area (Å²) in [6, 6.07) is 2.95. The van der Waals surface area contributed by atoms with Crippen LogP contribution in [-0.2, 0) is 17.1 Å². The van der Waals surface area contributed by atoms with E-state index in [9.17, 15) is 31.1 Å². The molecule has 1 aliphatic rings. The highest BCUT2D eigenvalue weighted by molar-refractivity contribution is 5.74. The molecule has 1 aliphatic heterocycles. The Kier molecular flexibility index (Phi) is 7.41. The molecule has 1 atom stereocenters. The number of pyridine rings is 1. The van der Waals surface area contributed by atoms with Crippen LogP contribution in [0.1, 0.15) is 62.7 Å². The number of aromatic nitrogens is 3. The van der Waals surface area contributed by atoms with Crippen molar-refractivity contribution in [2.45, 2.75) is 58.1 Å². The number of carbonyl (C=O) groups is 1. The summed E-state index contributed by atoms with van der Waals surface area (Å²) in [6.45, 7) is 7.24. The monoisotopic (exact) mass is 570 g/mol. The van der Waals surface area contributed by atoms with Crippen molar-refractivity contribution in [2.75, 3.05) is 24.1 Å². The number of anilines is 2. The number of hydrogen-bond acceptors (Lipinski definition) is 6. The zero-order valence-electron chi connectivity index (χ0n) is 22.1. The van der Waals surface area contributed by atoms with Gasteiger partial charge in [0.05, 0.1) is 16.8 Å². The molecular formula is C26H28F6N6O2. The van der Waals surface area contributed by atoms with Gasteiger partial charge in [-0.2, -0.15) is 26.3 Å². The van der Waals surface area contributed by atoms with Gasteiger partial charge < -0.3 is 20.7 Å². The lowest BCUT2D eigenvalue weighted by molar-refractivity contribution is -0.138. The lowest BCUT2D eigenvalue weighted by atomic mass is 10.0. The molecule has 14 heteroatoms. The first-order valence-corrected chi connectivity index (χ1v) is 12.3. The molecule has 0 bridgehead atoms. The van der Waals surface area contributed by atoms with Gasteiger partial charge in [-0.1, -0.05) is 6.08 Å². The van der Waals surface area contributed by atoms with E-state index in [2.05, 4.69) is 15.4 Å². The van der Waals surface area contributed by atoms with Gasteiger partial charge in [-0.25, -0.2) is 14.3 Å². The maximum atomic E-state index is 13.7. The number of nitrogen functional groups attached to an aromatic ring is 1. The van der Waals surface area contributed by atoms with Gasteiger partial charge in [-0.05, 0) is 69.5 Å². The highest BCUT2D eigenvalue weighted by atomic mass is 19.4. The number of halogens is 6. The first-order chi connectivity index (χ1) is 18.4. The number of nitrogens with zero attached hydrogens (tertiary/aromatic N) is 4. The fourth-order valence-electron chi connectivity index (χ4n) is 4.15. The topological polar surface area (TPSA) is 97.8 Å². The Hall–Kier alpha value is -3.97. The minimum absolute atomic E-state index is 0.0465. The summed E-state index contributed by atoms with van der Waals surface area (Å²) in [5.41, 5.74) is 3.58. The maximum absolute atomic E-state index is 13.7. The third kappa shape index (κ3) is 6.59. The number of nitrogens with two attached hydrogens (primary N) is 1. The highest BCUT2D eigenvalue weighted by Crippen LogP contribution is 2.36. The number of nitrogens with one attached hydrogen (secondary N) is 1. The van der Waals surface area contributed by atoms with E-state index in [0.717, 1.165) is 28.9 Å². The van der Waals surface area contributed by atoms with E-state index in [0.29, 0.717) is 18.5 Å². The summed E-state index contributed by atoms with van der Waals surface area (Å²) >= 11 is 0. The molecule has 8 nitrogen and oxygen atoms in total. The van der Waals surface area contributed by atoms with Gasteiger partial charge >= 0.3 is 18.4 Å². The summed E-state index contributed by atoms with van der Waals surface area (Å²) in [7, 11) is 0. The summed E-state index contributed by atoms with van der Waals surface area (Å²) in [5.74, 6) is 0.169. The average Bonchev–Trinajstić information content (AvgIpc) is 3.26. The Labute approximate surface area is 225 Å². The summed E-state index contributed by atoms with van der Waals surface area (Å²) in [5, 5.41) is 7.08. The molecule has 3 aromatic rings. The molecule has 3 heterocycles. The Balaban J connectivity index is 1.67. The number of alkyl halides is 6. The molecule has 0 fully saturated rings. The van der Waals surface area contributed by atoms with E-state index in [1.165, 1.54) is 17.9 Å². The van der Waals surface area contributed by atoms with E-state index in [-0.39, 0.29) is 35.0 Å².